The Hall–Kier alpha value is -6.35. The Morgan fingerprint density at radius 3 is 1.80 bits per heavy atom. The van der Waals surface area contributed by atoms with Crippen LogP contribution in [0, 0.1) is 5.41 Å². The van der Waals surface area contributed by atoms with Gasteiger partial charge < -0.3 is 5.41 Å². The van der Waals surface area contributed by atoms with Crippen molar-refractivity contribution in [2.24, 2.45) is 0 Å². The molecule has 0 atom stereocenters. The van der Waals surface area contributed by atoms with E-state index >= 15 is 0 Å². The highest BCUT2D eigenvalue weighted by Gasteiger charge is 2.16. The molecule has 0 amide bonds. The number of thiophene rings is 1. The zero-order valence-electron chi connectivity index (χ0n) is 31.1. The van der Waals surface area contributed by atoms with Crippen molar-refractivity contribution in [1.29, 1.82) is 5.41 Å². The van der Waals surface area contributed by atoms with Gasteiger partial charge in [-0.2, -0.15) is 0 Å². The van der Waals surface area contributed by atoms with Crippen LogP contribution in [0.25, 0.3) is 81.7 Å². The third-order valence-electron chi connectivity index (χ3n) is 9.89. The van der Waals surface area contributed by atoms with Gasteiger partial charge in [0.25, 0.3) is 0 Å². The molecule has 0 saturated heterocycles. The third-order valence-corrected chi connectivity index (χ3v) is 11.1. The van der Waals surface area contributed by atoms with E-state index in [4.69, 9.17) is 5.41 Å². The predicted molar refractivity (Wildman–Crippen MR) is 242 cm³/mol. The van der Waals surface area contributed by atoms with E-state index in [0.29, 0.717) is 5.71 Å². The standard InChI is InChI=1S/C48H35NS.C4H8/c1-4-13-33-25-27-42-43-30-36(26-29-45(43)50-48(42)37(33)5-2)32-21-23-34(24-22-32)44(49)28-20-31(3)46-38-16-9-11-18-40(38)47(35-14-7-6-8-15-35)41-19-12-10-17-39(41)46;1-3-4-2/h4-30,49H,2-3H2,1H3;3-4H,1-2H3/b13-4-,28-20-,49-44?;4-3-. The van der Waals surface area contributed by atoms with Gasteiger partial charge in [0, 0.05) is 20.2 Å². The molecule has 0 bridgehead atoms. The van der Waals surface area contributed by atoms with Crippen molar-refractivity contribution in [1.82, 2.24) is 0 Å². The molecule has 7 aromatic carbocycles. The number of benzene rings is 7. The minimum absolute atomic E-state index is 0.445. The first-order valence-electron chi connectivity index (χ1n) is 18.3. The third kappa shape index (κ3) is 6.92. The van der Waals surface area contributed by atoms with Crippen LogP contribution in [0.4, 0.5) is 0 Å². The van der Waals surface area contributed by atoms with Gasteiger partial charge in [-0.25, -0.2) is 0 Å². The molecule has 8 rings (SSSR count). The number of nitrogens with one attached hydrogen (secondary N) is 1. The molecule has 1 nitrogen and oxygen atoms in total. The zero-order valence-corrected chi connectivity index (χ0v) is 31.9. The summed E-state index contributed by atoms with van der Waals surface area (Å²) in [6.45, 7) is 14.7. The SMILES string of the molecule is C/C=C\C.C=Cc1c(/C=C\C)ccc2c1sc1ccc(-c3ccc(C(=N)/C=C\C(=C)c4c5ccccc5c(-c5ccccc5)c5ccccc45)cc3)cc12. The van der Waals surface area contributed by atoms with Crippen molar-refractivity contribution >= 4 is 76.5 Å². The average Bonchev–Trinajstić information content (AvgIpc) is 3.60. The quantitative estimate of drug-likeness (QED) is 0.0702. The molecule has 2 heteroatoms. The van der Waals surface area contributed by atoms with Gasteiger partial charge in [0.2, 0.25) is 0 Å². The van der Waals surface area contributed by atoms with Gasteiger partial charge in [-0.15, -0.1) is 11.3 Å². The molecule has 0 unspecified atom stereocenters. The molecule has 1 N–H and O–H groups in total. The highest BCUT2D eigenvalue weighted by molar-refractivity contribution is 7.26. The van der Waals surface area contributed by atoms with Crippen LogP contribution in [0.3, 0.4) is 0 Å². The van der Waals surface area contributed by atoms with Crippen molar-refractivity contribution < 1.29 is 0 Å². The van der Waals surface area contributed by atoms with Gasteiger partial charge in [-0.05, 0) is 111 Å². The summed E-state index contributed by atoms with van der Waals surface area (Å²) >= 11 is 1.82. The second-order valence-corrected chi connectivity index (χ2v) is 14.2. The fourth-order valence-electron chi connectivity index (χ4n) is 7.19. The Balaban J connectivity index is 0.00000107. The maximum absolute atomic E-state index is 8.96. The lowest BCUT2D eigenvalue weighted by atomic mass is 9.86. The van der Waals surface area contributed by atoms with Gasteiger partial charge >= 0.3 is 0 Å². The molecule has 0 aliphatic rings. The Kier molecular flexibility index (Phi) is 10.8. The molecule has 0 aliphatic carbocycles. The largest absolute Gasteiger partial charge is 0.300 e. The normalized spacial score (nSPS) is 11.6. The summed E-state index contributed by atoms with van der Waals surface area (Å²) in [6, 6.07) is 47.2. The van der Waals surface area contributed by atoms with Gasteiger partial charge in [0.15, 0.2) is 0 Å². The highest BCUT2D eigenvalue weighted by atomic mass is 32.1. The van der Waals surface area contributed by atoms with E-state index in [1.807, 2.05) is 74.6 Å². The van der Waals surface area contributed by atoms with Crippen LogP contribution in [-0.4, -0.2) is 5.71 Å². The molecule has 1 heterocycles. The van der Waals surface area contributed by atoms with Crippen LogP contribution in [0.2, 0.25) is 0 Å². The summed E-state index contributed by atoms with van der Waals surface area (Å²) in [5.74, 6) is 0. The smallest absolute Gasteiger partial charge is 0.0612 e. The van der Waals surface area contributed by atoms with Crippen LogP contribution >= 0.6 is 11.3 Å². The number of fused-ring (bicyclic) bond motifs is 5. The van der Waals surface area contributed by atoms with E-state index in [0.717, 1.165) is 38.6 Å². The van der Waals surface area contributed by atoms with Crippen LogP contribution in [0.15, 0.2) is 177 Å². The van der Waals surface area contributed by atoms with Crippen LogP contribution in [0.5, 0.6) is 0 Å². The Morgan fingerprint density at radius 2 is 1.19 bits per heavy atom. The van der Waals surface area contributed by atoms with Crippen LogP contribution in [0.1, 0.15) is 43.0 Å². The summed E-state index contributed by atoms with van der Waals surface area (Å²) in [5.41, 5.74) is 10.4. The Bertz CT molecular complexity index is 2710. The minimum atomic E-state index is 0.445. The second-order valence-electron chi connectivity index (χ2n) is 13.2. The van der Waals surface area contributed by atoms with E-state index in [2.05, 4.69) is 147 Å². The Morgan fingerprint density at radius 1 is 0.574 bits per heavy atom. The average molecular weight is 714 g/mol. The molecule has 0 radical (unpaired) electrons. The van der Waals surface area contributed by atoms with E-state index in [1.54, 1.807) is 0 Å². The van der Waals surface area contributed by atoms with E-state index in [9.17, 15) is 0 Å². The number of hydrogen-bond acceptors (Lipinski definition) is 2. The van der Waals surface area contributed by atoms with E-state index < -0.39 is 0 Å². The lowest BCUT2D eigenvalue weighted by molar-refractivity contribution is 1.49. The van der Waals surface area contributed by atoms with Gasteiger partial charge in [0.05, 0.1) is 5.71 Å². The van der Waals surface area contributed by atoms with Gasteiger partial charge in [-0.3, -0.25) is 0 Å². The lowest BCUT2D eigenvalue weighted by Crippen LogP contribution is -1.95. The first-order chi connectivity index (χ1) is 26.5. The van der Waals surface area contributed by atoms with Crippen molar-refractivity contribution in [2.75, 3.05) is 0 Å². The topological polar surface area (TPSA) is 23.9 Å². The highest BCUT2D eigenvalue weighted by Crippen LogP contribution is 2.42. The summed E-state index contributed by atoms with van der Waals surface area (Å²) in [4.78, 5) is 0. The van der Waals surface area contributed by atoms with E-state index in [1.165, 1.54) is 53.2 Å². The van der Waals surface area contributed by atoms with Gasteiger partial charge in [-0.1, -0.05) is 171 Å². The van der Waals surface area contributed by atoms with E-state index in [-0.39, 0.29) is 0 Å². The molecule has 0 saturated carbocycles. The lowest BCUT2D eigenvalue weighted by Gasteiger charge is -2.17. The molecule has 0 fully saturated rings. The van der Waals surface area contributed by atoms with Gasteiger partial charge in [0.1, 0.15) is 0 Å². The maximum Gasteiger partial charge on any atom is 0.0612 e. The molecule has 8 aromatic rings. The van der Waals surface area contributed by atoms with Crippen molar-refractivity contribution in [2.45, 2.75) is 20.8 Å². The number of allylic oxidation sites excluding steroid dienone is 6. The second kappa shape index (κ2) is 16.1. The summed E-state index contributed by atoms with van der Waals surface area (Å²) in [6.07, 6.45) is 14.0. The van der Waals surface area contributed by atoms with Crippen molar-refractivity contribution in [3.63, 3.8) is 0 Å². The number of hydrogen-bond donors (Lipinski definition) is 1. The summed E-state index contributed by atoms with van der Waals surface area (Å²) in [7, 11) is 0. The number of rotatable bonds is 8. The molecule has 54 heavy (non-hydrogen) atoms. The summed E-state index contributed by atoms with van der Waals surface area (Å²) < 4.78 is 2.54. The molecule has 0 aliphatic heterocycles. The Labute approximate surface area is 322 Å². The fraction of sp³-hybridized carbons (Fsp3) is 0.0577. The minimum Gasteiger partial charge on any atom is -0.300 e. The monoisotopic (exact) mass is 713 g/mol. The molecule has 1 aromatic heterocycles. The first kappa shape index (κ1) is 36.0. The predicted octanol–water partition coefficient (Wildman–Crippen LogP) is 15.6. The first-order valence-corrected chi connectivity index (χ1v) is 19.2. The molecular formula is C52H43NS. The molecule has 262 valence electrons. The zero-order chi connectivity index (χ0) is 37.6. The molecular weight excluding hydrogens is 671 g/mol. The maximum atomic E-state index is 8.96. The van der Waals surface area contributed by atoms with Crippen LogP contribution in [-0.2, 0) is 0 Å². The van der Waals surface area contributed by atoms with Crippen LogP contribution < -0.4 is 0 Å². The fourth-order valence-corrected chi connectivity index (χ4v) is 8.42. The summed E-state index contributed by atoms with van der Waals surface area (Å²) in [5, 5.41) is 16.2. The van der Waals surface area contributed by atoms with Crippen molar-refractivity contribution in [3.05, 3.63) is 199 Å². The van der Waals surface area contributed by atoms with Crippen molar-refractivity contribution in [3.8, 4) is 22.3 Å². The molecule has 0 spiro atoms.